The smallest absolute Gasteiger partial charge is 0.261 e. The maximum Gasteiger partial charge on any atom is 0.261 e. The van der Waals surface area contributed by atoms with Crippen LogP contribution in [0.4, 0.5) is 0 Å². The number of ketones is 1. The maximum atomic E-state index is 13.3. The number of hydrogen-bond acceptors (Lipinski definition) is 8. The van der Waals surface area contributed by atoms with Crippen LogP contribution < -0.4 is 10.1 Å². The predicted octanol–water partition coefficient (Wildman–Crippen LogP) is 2.10. The summed E-state index contributed by atoms with van der Waals surface area (Å²) in [5.41, 5.74) is 3.67. The second-order valence-electron chi connectivity index (χ2n) is 8.74. The summed E-state index contributed by atoms with van der Waals surface area (Å²) in [6.45, 7) is 8.21. The fraction of sp³-hybridized carbons (Fsp3) is 0.400. The molecule has 3 N–H and O–H groups in total. The molecule has 0 radical (unpaired) electrons. The van der Waals surface area contributed by atoms with Crippen molar-refractivity contribution in [3.8, 4) is 5.75 Å². The number of rotatable bonds is 6. The van der Waals surface area contributed by atoms with Crippen molar-refractivity contribution in [2.45, 2.75) is 13.5 Å². The third-order valence-corrected chi connectivity index (χ3v) is 5.66. The quantitative estimate of drug-likeness (QED) is 0.297. The highest BCUT2D eigenvalue weighted by atomic mass is 32.2. The van der Waals surface area contributed by atoms with Crippen molar-refractivity contribution < 1.29 is 35.5 Å². The molecule has 1 aliphatic heterocycles. The minimum atomic E-state index is -3.67. The van der Waals surface area contributed by atoms with Gasteiger partial charge in [-0.2, -0.15) is 16.8 Å². The second kappa shape index (κ2) is 13.8. The van der Waals surface area contributed by atoms with E-state index in [9.17, 15) is 21.6 Å². The fourth-order valence-corrected chi connectivity index (χ4v) is 4.07. The van der Waals surface area contributed by atoms with Crippen LogP contribution in [0.15, 0.2) is 48.5 Å². The number of benzene rings is 2. The summed E-state index contributed by atoms with van der Waals surface area (Å²) in [7, 11) is -5.70. The normalized spacial score (nSPS) is 14.2. The third-order valence-electron chi connectivity index (χ3n) is 5.66. The molecule has 1 saturated heterocycles. The molecule has 0 atom stereocenters. The molecule has 0 unspecified atom stereocenters. The van der Waals surface area contributed by atoms with E-state index in [1.54, 1.807) is 7.11 Å². The second-order valence-corrected chi connectivity index (χ2v) is 11.7. The Kier molecular flexibility index (Phi) is 11.4. The number of carbonyl (C=O) groups is 1. The number of piperazine rings is 1. The first-order valence-corrected chi connectivity index (χ1v) is 15.4. The Morgan fingerprint density at radius 3 is 1.97 bits per heavy atom. The largest absolute Gasteiger partial charge is 0.497 e. The highest BCUT2D eigenvalue weighted by molar-refractivity contribution is 7.85. The van der Waals surface area contributed by atoms with E-state index in [2.05, 4.69) is 33.8 Å². The van der Waals surface area contributed by atoms with Gasteiger partial charge in [0.05, 0.1) is 25.2 Å². The Balaban J connectivity index is 0.000000435. The molecular formula is C25H35N3O8S2. The van der Waals surface area contributed by atoms with Gasteiger partial charge in [0.25, 0.3) is 20.2 Å². The molecule has 0 bridgehead atoms. The van der Waals surface area contributed by atoms with Gasteiger partial charge in [0, 0.05) is 61.4 Å². The number of hydrogen-bond donors (Lipinski definition) is 3. The number of aromatic nitrogens is 1. The zero-order valence-corrected chi connectivity index (χ0v) is 23.5. The molecule has 38 heavy (non-hydrogen) atoms. The lowest BCUT2D eigenvalue weighted by molar-refractivity contribution is 0.103. The van der Waals surface area contributed by atoms with Gasteiger partial charge in [0.15, 0.2) is 5.78 Å². The summed E-state index contributed by atoms with van der Waals surface area (Å²) >= 11 is 0. The minimum Gasteiger partial charge on any atom is -0.497 e. The average molecular weight is 570 g/mol. The van der Waals surface area contributed by atoms with Crippen molar-refractivity contribution >= 4 is 36.9 Å². The van der Waals surface area contributed by atoms with E-state index in [0.29, 0.717) is 18.1 Å². The van der Waals surface area contributed by atoms with Gasteiger partial charge < -0.3 is 14.6 Å². The Bertz CT molecular complexity index is 1380. The lowest BCUT2D eigenvalue weighted by atomic mass is 10.0. The van der Waals surface area contributed by atoms with E-state index in [4.69, 9.17) is 13.8 Å². The molecule has 4 rings (SSSR count). The van der Waals surface area contributed by atoms with E-state index in [1.165, 1.54) is 0 Å². The summed E-state index contributed by atoms with van der Waals surface area (Å²) in [4.78, 5) is 15.8. The highest BCUT2D eigenvalue weighted by Gasteiger charge is 2.21. The van der Waals surface area contributed by atoms with Crippen molar-refractivity contribution in [3.05, 3.63) is 65.4 Å². The average Bonchev–Trinajstić information content (AvgIpc) is 3.12. The van der Waals surface area contributed by atoms with Gasteiger partial charge in [-0.3, -0.25) is 18.8 Å². The molecule has 1 aliphatic rings. The van der Waals surface area contributed by atoms with Crippen molar-refractivity contribution in [3.63, 3.8) is 0 Å². The SMILES string of the molecule is COc1ccc(C(=O)c2c(C)n(CCN3CCNCC3)c3ccccc23)cc1.CS(=O)(=O)O.CS(=O)(=O)O. The lowest BCUT2D eigenvalue weighted by Crippen LogP contribution is -2.44. The van der Waals surface area contributed by atoms with Crippen molar-refractivity contribution in [2.75, 3.05) is 52.3 Å². The van der Waals surface area contributed by atoms with Crippen LogP contribution in [-0.2, 0) is 26.8 Å². The molecule has 2 heterocycles. The van der Waals surface area contributed by atoms with E-state index >= 15 is 0 Å². The lowest BCUT2D eigenvalue weighted by Gasteiger charge is -2.27. The molecule has 0 aliphatic carbocycles. The fourth-order valence-electron chi connectivity index (χ4n) is 4.07. The zero-order valence-electron chi connectivity index (χ0n) is 21.9. The number of para-hydroxylation sites is 1. The topological polar surface area (TPSA) is 155 Å². The number of nitrogens with one attached hydrogen (secondary N) is 1. The van der Waals surface area contributed by atoms with Crippen LogP contribution in [0.2, 0.25) is 0 Å². The molecule has 2 aromatic carbocycles. The zero-order chi connectivity index (χ0) is 28.5. The summed E-state index contributed by atoms with van der Waals surface area (Å²) in [5, 5.41) is 4.43. The Hall–Kier alpha value is -2.81. The van der Waals surface area contributed by atoms with Crippen LogP contribution in [0.3, 0.4) is 0 Å². The number of fused-ring (bicyclic) bond motifs is 1. The monoisotopic (exact) mass is 569 g/mol. The number of methoxy groups -OCH3 is 1. The Morgan fingerprint density at radius 2 is 1.45 bits per heavy atom. The van der Waals surface area contributed by atoms with Crippen molar-refractivity contribution in [1.82, 2.24) is 14.8 Å². The van der Waals surface area contributed by atoms with Crippen LogP contribution >= 0.6 is 0 Å². The first kappa shape index (κ1) is 31.4. The maximum absolute atomic E-state index is 13.3. The molecule has 11 nitrogen and oxygen atoms in total. The molecule has 0 spiro atoms. The van der Waals surface area contributed by atoms with E-state index < -0.39 is 20.2 Å². The highest BCUT2D eigenvalue weighted by Crippen LogP contribution is 2.28. The molecule has 1 fully saturated rings. The summed E-state index contributed by atoms with van der Waals surface area (Å²) < 4.78 is 59.3. The van der Waals surface area contributed by atoms with E-state index in [1.807, 2.05) is 36.4 Å². The van der Waals surface area contributed by atoms with Crippen molar-refractivity contribution in [2.24, 2.45) is 0 Å². The minimum absolute atomic E-state index is 0.0669. The molecule has 1 aromatic heterocycles. The van der Waals surface area contributed by atoms with Crippen molar-refractivity contribution in [1.29, 1.82) is 0 Å². The van der Waals surface area contributed by atoms with Gasteiger partial charge in [-0.25, -0.2) is 0 Å². The summed E-state index contributed by atoms with van der Waals surface area (Å²) in [6, 6.07) is 15.6. The molecule has 210 valence electrons. The number of carbonyl (C=O) groups excluding carboxylic acids is 1. The third kappa shape index (κ3) is 10.5. The first-order valence-electron chi connectivity index (χ1n) is 11.7. The van der Waals surface area contributed by atoms with Crippen LogP contribution in [0.25, 0.3) is 10.9 Å². The van der Waals surface area contributed by atoms with Gasteiger partial charge in [0.1, 0.15) is 5.75 Å². The summed E-state index contributed by atoms with van der Waals surface area (Å²) in [5.74, 6) is 0.823. The Morgan fingerprint density at radius 1 is 0.921 bits per heavy atom. The molecule has 0 saturated carbocycles. The van der Waals surface area contributed by atoms with Crippen LogP contribution in [0.1, 0.15) is 21.6 Å². The van der Waals surface area contributed by atoms with Gasteiger partial charge in [0.2, 0.25) is 0 Å². The van der Waals surface area contributed by atoms with Crippen LogP contribution in [0.5, 0.6) is 5.75 Å². The molecule has 13 heteroatoms. The van der Waals surface area contributed by atoms with E-state index in [0.717, 1.165) is 67.2 Å². The standard InChI is InChI=1S/C23H27N3O2.2CH4O3S/c1-17-22(23(27)18-7-9-19(28-2)10-8-18)20-5-3-4-6-21(20)26(17)16-15-25-13-11-24-12-14-25;2*1-5(2,3)4/h3-10,24H,11-16H2,1-2H3;2*1H3,(H,2,3,4). The first-order chi connectivity index (χ1) is 17.7. The molecular weight excluding hydrogens is 534 g/mol. The van der Waals surface area contributed by atoms with Crippen LogP contribution in [0, 0.1) is 6.92 Å². The Labute approximate surface area is 223 Å². The van der Waals surface area contributed by atoms with Gasteiger partial charge in [-0.15, -0.1) is 0 Å². The summed E-state index contributed by atoms with van der Waals surface area (Å²) in [6.07, 6.45) is 1.43. The van der Waals surface area contributed by atoms with Crippen LogP contribution in [-0.4, -0.2) is 93.5 Å². The predicted molar refractivity (Wildman–Crippen MR) is 147 cm³/mol. The number of nitrogens with zero attached hydrogens (tertiary/aromatic N) is 2. The van der Waals surface area contributed by atoms with Gasteiger partial charge >= 0.3 is 0 Å². The molecule has 0 amide bonds. The van der Waals surface area contributed by atoms with Gasteiger partial charge in [-0.1, -0.05) is 18.2 Å². The number of ether oxygens (including phenoxy) is 1. The van der Waals surface area contributed by atoms with E-state index in [-0.39, 0.29) is 5.78 Å². The molecule has 3 aromatic rings. The van der Waals surface area contributed by atoms with Gasteiger partial charge in [-0.05, 0) is 37.3 Å².